The van der Waals surface area contributed by atoms with Crippen molar-refractivity contribution in [2.75, 3.05) is 44.2 Å². The van der Waals surface area contributed by atoms with Crippen molar-refractivity contribution < 1.29 is 14.3 Å². The number of piperidine rings is 1. The maximum absolute atomic E-state index is 14.1. The van der Waals surface area contributed by atoms with Crippen LogP contribution in [-0.2, 0) is 4.74 Å². The number of likely N-dealkylation sites (tertiary alicyclic amines) is 1. The van der Waals surface area contributed by atoms with E-state index in [2.05, 4.69) is 69.0 Å². The van der Waals surface area contributed by atoms with Gasteiger partial charge in [0.05, 0.1) is 23.1 Å². The summed E-state index contributed by atoms with van der Waals surface area (Å²) in [7, 11) is 0. The summed E-state index contributed by atoms with van der Waals surface area (Å²) in [4.78, 5) is 33.0. The van der Waals surface area contributed by atoms with Gasteiger partial charge < -0.3 is 19.4 Å². The summed E-state index contributed by atoms with van der Waals surface area (Å²) in [6.07, 6.45) is 2.97. The van der Waals surface area contributed by atoms with Gasteiger partial charge >= 0.3 is 6.09 Å². The lowest BCUT2D eigenvalue weighted by atomic mass is 9.90. The van der Waals surface area contributed by atoms with Crippen LogP contribution in [0.15, 0.2) is 42.6 Å². The second-order valence-corrected chi connectivity index (χ2v) is 12.9. The molecule has 0 unspecified atom stereocenters. The van der Waals surface area contributed by atoms with E-state index in [0.29, 0.717) is 31.7 Å². The Morgan fingerprint density at radius 3 is 2.12 bits per heavy atom. The highest BCUT2D eigenvalue weighted by molar-refractivity contribution is 5.95. The van der Waals surface area contributed by atoms with Crippen LogP contribution in [-0.4, -0.2) is 76.5 Å². The Bertz CT molecular complexity index is 1450. The molecule has 1 aromatic heterocycles. The minimum absolute atomic E-state index is 0.0373. The number of nitrogens with zero attached hydrogens (tertiary/aromatic N) is 5. The van der Waals surface area contributed by atoms with Crippen LogP contribution in [0.1, 0.15) is 77.8 Å². The van der Waals surface area contributed by atoms with Crippen molar-refractivity contribution >= 4 is 17.7 Å². The molecule has 42 heavy (non-hydrogen) atoms. The van der Waals surface area contributed by atoms with Crippen molar-refractivity contribution in [1.82, 2.24) is 19.6 Å². The standard InChI is InChI=1S/C34H45N5O3/c1-23-8-9-25(3)30(20-23)36-16-18-37(19-17-36)32(40)29-22-35-39(28-11-10-24(2)26(4)21-28)31(29)27-12-14-38(15-13-27)33(41)42-34(5,6)7/h8-11,20-22,27H,12-19H2,1-7H3. The smallest absolute Gasteiger partial charge is 0.410 e. The van der Waals surface area contributed by atoms with Gasteiger partial charge in [-0.15, -0.1) is 0 Å². The van der Waals surface area contributed by atoms with Gasteiger partial charge in [-0.2, -0.15) is 5.10 Å². The predicted octanol–water partition coefficient (Wildman–Crippen LogP) is 6.18. The third kappa shape index (κ3) is 6.32. The summed E-state index contributed by atoms with van der Waals surface area (Å²) < 4.78 is 7.58. The minimum atomic E-state index is -0.530. The number of hydrogen-bond donors (Lipinski definition) is 0. The lowest BCUT2D eigenvalue weighted by Crippen LogP contribution is -2.49. The fourth-order valence-electron chi connectivity index (χ4n) is 6.02. The molecule has 2 amide bonds. The normalized spacial score (nSPS) is 16.6. The monoisotopic (exact) mass is 571 g/mol. The van der Waals surface area contributed by atoms with Gasteiger partial charge in [0.25, 0.3) is 5.91 Å². The fourth-order valence-corrected chi connectivity index (χ4v) is 6.02. The highest BCUT2D eigenvalue weighted by Crippen LogP contribution is 2.34. The maximum atomic E-state index is 14.1. The Balaban J connectivity index is 1.38. The molecule has 2 fully saturated rings. The zero-order chi connectivity index (χ0) is 30.2. The highest BCUT2D eigenvalue weighted by Gasteiger charge is 2.34. The van der Waals surface area contributed by atoms with Crippen LogP contribution < -0.4 is 4.90 Å². The topological polar surface area (TPSA) is 70.9 Å². The Kier molecular flexibility index (Phi) is 8.35. The number of piperazine rings is 1. The second kappa shape index (κ2) is 11.8. The van der Waals surface area contributed by atoms with E-state index < -0.39 is 5.60 Å². The Hall–Kier alpha value is -3.81. The summed E-state index contributed by atoms with van der Waals surface area (Å²) in [5, 5.41) is 4.79. The van der Waals surface area contributed by atoms with Gasteiger partial charge in [0.1, 0.15) is 5.60 Å². The molecular formula is C34H45N5O3. The number of benzene rings is 2. The van der Waals surface area contributed by atoms with E-state index in [9.17, 15) is 9.59 Å². The number of carbonyl (C=O) groups excluding carboxylic acids is 2. The van der Waals surface area contributed by atoms with Crippen molar-refractivity contribution in [2.45, 2.75) is 72.8 Å². The number of aromatic nitrogens is 2. The molecule has 2 saturated heterocycles. The minimum Gasteiger partial charge on any atom is -0.444 e. The summed E-state index contributed by atoms with van der Waals surface area (Å²) in [5.41, 5.74) is 8.21. The predicted molar refractivity (Wildman–Crippen MR) is 167 cm³/mol. The van der Waals surface area contributed by atoms with Crippen LogP contribution in [0.3, 0.4) is 0 Å². The van der Waals surface area contributed by atoms with E-state index in [1.807, 2.05) is 30.4 Å². The quantitative estimate of drug-likeness (QED) is 0.374. The Morgan fingerprint density at radius 2 is 1.48 bits per heavy atom. The number of carbonyl (C=O) groups is 2. The molecule has 0 saturated carbocycles. The lowest BCUT2D eigenvalue weighted by molar-refractivity contribution is 0.0203. The van der Waals surface area contributed by atoms with Crippen LogP contribution in [0.25, 0.3) is 5.69 Å². The first-order chi connectivity index (χ1) is 19.9. The molecule has 0 atom stereocenters. The average molecular weight is 572 g/mol. The molecule has 0 aliphatic carbocycles. The van der Waals surface area contributed by atoms with Crippen molar-refractivity contribution in [3.63, 3.8) is 0 Å². The van der Waals surface area contributed by atoms with Crippen molar-refractivity contribution in [2.24, 2.45) is 0 Å². The molecule has 224 valence electrons. The number of amides is 2. The summed E-state index contributed by atoms with van der Waals surface area (Å²) in [6.45, 7) is 18.2. The molecule has 2 aromatic carbocycles. The van der Waals surface area contributed by atoms with Crippen LogP contribution in [0, 0.1) is 27.7 Å². The van der Waals surface area contributed by atoms with Crippen LogP contribution in [0.5, 0.6) is 0 Å². The molecule has 0 radical (unpaired) electrons. The van der Waals surface area contributed by atoms with Gasteiger partial charge in [0.2, 0.25) is 0 Å². The Morgan fingerprint density at radius 1 is 0.810 bits per heavy atom. The molecule has 8 nitrogen and oxygen atoms in total. The molecule has 3 aromatic rings. The van der Waals surface area contributed by atoms with E-state index in [1.54, 1.807) is 11.1 Å². The average Bonchev–Trinajstić information content (AvgIpc) is 3.40. The number of ether oxygens (including phenoxy) is 1. The summed E-state index contributed by atoms with van der Waals surface area (Å²) in [5.74, 6) is 0.137. The molecule has 0 bridgehead atoms. The molecule has 2 aliphatic heterocycles. The van der Waals surface area contributed by atoms with Gasteiger partial charge in [-0.3, -0.25) is 4.79 Å². The van der Waals surface area contributed by atoms with Crippen LogP contribution in [0.2, 0.25) is 0 Å². The molecule has 0 spiro atoms. The van der Waals surface area contributed by atoms with Crippen LogP contribution in [0.4, 0.5) is 10.5 Å². The number of hydrogen-bond acceptors (Lipinski definition) is 5. The molecule has 8 heteroatoms. The first kappa shape index (κ1) is 29.7. The number of aryl methyl sites for hydroxylation is 4. The van der Waals surface area contributed by atoms with Gasteiger partial charge in [-0.05, 0) is 102 Å². The van der Waals surface area contributed by atoms with E-state index in [4.69, 9.17) is 9.84 Å². The van der Waals surface area contributed by atoms with Crippen LogP contribution >= 0.6 is 0 Å². The number of anilines is 1. The molecular weight excluding hydrogens is 526 g/mol. The zero-order valence-corrected chi connectivity index (χ0v) is 26.2. The molecule has 5 rings (SSSR count). The van der Waals surface area contributed by atoms with E-state index in [1.165, 1.54) is 27.9 Å². The van der Waals surface area contributed by atoms with Crippen molar-refractivity contribution in [3.8, 4) is 5.69 Å². The van der Waals surface area contributed by atoms with Crippen molar-refractivity contribution in [1.29, 1.82) is 0 Å². The van der Waals surface area contributed by atoms with E-state index >= 15 is 0 Å². The van der Waals surface area contributed by atoms with Gasteiger partial charge in [0.15, 0.2) is 0 Å². The number of rotatable bonds is 4. The largest absolute Gasteiger partial charge is 0.444 e. The Labute approximate surface area is 250 Å². The lowest BCUT2D eigenvalue weighted by Gasteiger charge is -2.37. The molecule has 0 N–H and O–H groups in total. The molecule has 3 heterocycles. The SMILES string of the molecule is Cc1ccc(C)c(N2CCN(C(=O)c3cnn(-c4ccc(C)c(C)c4)c3C3CCN(C(=O)OC(C)(C)C)CC3)CC2)c1. The second-order valence-electron chi connectivity index (χ2n) is 12.9. The maximum Gasteiger partial charge on any atom is 0.410 e. The van der Waals surface area contributed by atoms with Crippen molar-refractivity contribution in [3.05, 3.63) is 76.1 Å². The van der Waals surface area contributed by atoms with E-state index in [0.717, 1.165) is 37.3 Å². The highest BCUT2D eigenvalue weighted by atomic mass is 16.6. The summed E-state index contributed by atoms with van der Waals surface area (Å²) >= 11 is 0. The van der Waals surface area contributed by atoms with Gasteiger partial charge in [-0.25, -0.2) is 9.48 Å². The first-order valence-corrected chi connectivity index (χ1v) is 15.2. The third-order valence-corrected chi connectivity index (χ3v) is 8.58. The fraction of sp³-hybridized carbons (Fsp3) is 0.500. The third-order valence-electron chi connectivity index (χ3n) is 8.58. The van der Waals surface area contributed by atoms with Gasteiger partial charge in [-0.1, -0.05) is 18.2 Å². The molecule has 2 aliphatic rings. The summed E-state index contributed by atoms with van der Waals surface area (Å²) in [6, 6.07) is 12.9. The van der Waals surface area contributed by atoms with Gasteiger partial charge in [0, 0.05) is 50.9 Å². The van der Waals surface area contributed by atoms with E-state index in [-0.39, 0.29) is 17.9 Å². The zero-order valence-electron chi connectivity index (χ0n) is 26.2. The first-order valence-electron chi connectivity index (χ1n) is 15.2.